The highest BCUT2D eigenvalue weighted by molar-refractivity contribution is 5.98. The van der Waals surface area contributed by atoms with Crippen molar-refractivity contribution in [3.05, 3.63) is 72.9 Å². The van der Waals surface area contributed by atoms with Crippen molar-refractivity contribution in [2.24, 2.45) is 5.41 Å². The quantitative estimate of drug-likeness (QED) is 0.171. The van der Waals surface area contributed by atoms with Crippen molar-refractivity contribution < 1.29 is 13.9 Å². The van der Waals surface area contributed by atoms with E-state index in [1.54, 1.807) is 18.6 Å². The summed E-state index contributed by atoms with van der Waals surface area (Å²) in [7, 11) is 0. The summed E-state index contributed by atoms with van der Waals surface area (Å²) in [6, 6.07) is 14.4. The lowest BCUT2D eigenvalue weighted by Crippen LogP contribution is -2.27. The number of rotatable bonds is 8. The molecule has 1 aliphatic rings. The Bertz CT molecular complexity index is 2060. The third-order valence-corrected chi connectivity index (χ3v) is 8.22. The molecule has 10 nitrogen and oxygen atoms in total. The van der Waals surface area contributed by atoms with E-state index in [-0.39, 0.29) is 5.91 Å². The third kappa shape index (κ3) is 6.05. The fraction of sp³-hybridized carbons (Fsp3) is 0.286. The van der Waals surface area contributed by atoms with Crippen LogP contribution < -0.4 is 10.1 Å². The van der Waals surface area contributed by atoms with Crippen LogP contribution in [0.5, 0.6) is 5.75 Å². The van der Waals surface area contributed by atoms with E-state index in [1.807, 2.05) is 57.2 Å². The zero-order valence-electron chi connectivity index (χ0n) is 26.0. The highest BCUT2D eigenvalue weighted by Crippen LogP contribution is 2.34. The van der Waals surface area contributed by atoms with E-state index in [4.69, 9.17) is 9.72 Å². The van der Waals surface area contributed by atoms with Crippen LogP contribution in [0.2, 0.25) is 0 Å². The number of aromatic amines is 2. The molecule has 2 aromatic carbocycles. The number of fused-ring (bicyclic) bond motifs is 2. The summed E-state index contributed by atoms with van der Waals surface area (Å²) in [6.07, 6.45) is 7.50. The maximum Gasteiger partial charge on any atom is 0.229 e. The van der Waals surface area contributed by atoms with Crippen LogP contribution in [0.15, 0.2) is 67.1 Å². The molecule has 7 rings (SSSR count). The van der Waals surface area contributed by atoms with Gasteiger partial charge in [0.25, 0.3) is 0 Å². The molecular weight excluding hydrogens is 583 g/mol. The number of hydrogen-bond acceptors (Lipinski definition) is 7. The van der Waals surface area contributed by atoms with Gasteiger partial charge in [-0.25, -0.2) is 9.37 Å². The lowest BCUT2D eigenvalue weighted by molar-refractivity contribution is -0.123. The molecule has 1 amide bonds. The maximum atomic E-state index is 14.8. The first-order valence-corrected chi connectivity index (χ1v) is 15.5. The fourth-order valence-corrected chi connectivity index (χ4v) is 5.70. The molecule has 4 aromatic heterocycles. The van der Waals surface area contributed by atoms with Gasteiger partial charge < -0.3 is 15.0 Å². The van der Waals surface area contributed by atoms with Crippen molar-refractivity contribution in [2.45, 2.75) is 33.6 Å². The lowest BCUT2D eigenvalue weighted by Gasteiger charge is -2.17. The Hall–Kier alpha value is -5.16. The van der Waals surface area contributed by atoms with Crippen molar-refractivity contribution >= 4 is 33.5 Å². The van der Waals surface area contributed by atoms with Gasteiger partial charge in [0.05, 0.1) is 28.6 Å². The van der Waals surface area contributed by atoms with Gasteiger partial charge in [-0.05, 0) is 67.9 Å². The van der Waals surface area contributed by atoms with E-state index in [0.717, 1.165) is 47.2 Å². The molecule has 1 saturated heterocycles. The number of pyridine rings is 2. The van der Waals surface area contributed by atoms with Crippen LogP contribution in [0.3, 0.4) is 0 Å². The molecule has 3 N–H and O–H groups in total. The second kappa shape index (κ2) is 12.0. The van der Waals surface area contributed by atoms with Gasteiger partial charge in [-0.2, -0.15) is 5.10 Å². The van der Waals surface area contributed by atoms with Gasteiger partial charge in [0.15, 0.2) is 5.82 Å². The number of halogens is 1. The molecule has 46 heavy (non-hydrogen) atoms. The first-order chi connectivity index (χ1) is 22.2. The monoisotopic (exact) mass is 618 g/mol. The van der Waals surface area contributed by atoms with Crippen LogP contribution in [-0.2, 0) is 4.79 Å². The number of carbonyl (C=O) groups is 1. The summed E-state index contributed by atoms with van der Waals surface area (Å²) in [5, 5.41) is 11.5. The number of anilines is 1. The summed E-state index contributed by atoms with van der Waals surface area (Å²) in [5.41, 5.74) is 5.80. The van der Waals surface area contributed by atoms with Crippen LogP contribution in [0.4, 0.5) is 10.1 Å². The predicted molar refractivity (Wildman–Crippen MR) is 177 cm³/mol. The Morgan fingerprint density at radius 1 is 0.978 bits per heavy atom. The van der Waals surface area contributed by atoms with E-state index >= 15 is 0 Å². The molecule has 0 saturated carbocycles. The average Bonchev–Trinajstić information content (AvgIpc) is 3.80. The van der Waals surface area contributed by atoms with Gasteiger partial charge in [0.2, 0.25) is 5.91 Å². The molecule has 0 atom stereocenters. The normalized spacial score (nSPS) is 13.9. The molecular formula is C35H35FN8O2. The number of likely N-dealkylation sites (tertiary alicyclic amines) is 1. The number of imidazole rings is 1. The van der Waals surface area contributed by atoms with Crippen LogP contribution in [0.1, 0.15) is 33.6 Å². The molecule has 1 aliphatic heterocycles. The standard InChI is InChI=1S/C35H35FN8O2/c1-35(2,3)34(45)39-25-15-23(19-37-20-25)21-6-7-28-27(17-21)31(43-42-28)33-40-29-8-9-38-30(32(29)41-33)22-14-24(36)18-26(16-22)46-13-12-44-10-4-5-11-44/h6-9,14-20H,4-5,10-13H2,1-3H3,(H,39,45)(H,40,41)(H,42,43). The first-order valence-electron chi connectivity index (χ1n) is 15.5. The van der Waals surface area contributed by atoms with Gasteiger partial charge >= 0.3 is 0 Å². The third-order valence-electron chi connectivity index (χ3n) is 8.22. The molecule has 1 fully saturated rings. The number of carbonyl (C=O) groups excluding carboxylic acids is 1. The van der Waals surface area contributed by atoms with Crippen LogP contribution in [-0.4, -0.2) is 67.2 Å². The molecule has 234 valence electrons. The topological polar surface area (TPSA) is 125 Å². The minimum absolute atomic E-state index is 0.0859. The van der Waals surface area contributed by atoms with Gasteiger partial charge in [-0.1, -0.05) is 26.8 Å². The smallest absolute Gasteiger partial charge is 0.229 e. The van der Waals surface area contributed by atoms with Gasteiger partial charge in [0.1, 0.15) is 29.4 Å². The van der Waals surface area contributed by atoms with Crippen LogP contribution in [0, 0.1) is 11.2 Å². The second-order valence-electron chi connectivity index (χ2n) is 12.7. The van der Waals surface area contributed by atoms with E-state index in [2.05, 4.69) is 35.4 Å². The van der Waals surface area contributed by atoms with Gasteiger partial charge in [-0.15, -0.1) is 0 Å². The Kier molecular flexibility index (Phi) is 7.69. The van der Waals surface area contributed by atoms with E-state index < -0.39 is 11.2 Å². The largest absolute Gasteiger partial charge is 0.492 e. The van der Waals surface area contributed by atoms with E-state index in [0.29, 0.717) is 46.3 Å². The molecule has 11 heteroatoms. The molecule has 5 heterocycles. The van der Waals surface area contributed by atoms with Crippen molar-refractivity contribution in [1.29, 1.82) is 0 Å². The van der Waals surface area contributed by atoms with Gasteiger partial charge in [-0.3, -0.25) is 24.8 Å². The SMILES string of the molecule is CC(C)(C)C(=O)Nc1cncc(-c2ccc3[nH]nc(-c4nc5c(-c6cc(F)cc(OCCN7CCCC7)c6)nccc5[nH]4)c3c2)c1. The van der Waals surface area contributed by atoms with Crippen molar-refractivity contribution in [1.82, 2.24) is 35.0 Å². The Balaban J connectivity index is 1.19. The number of ether oxygens (including phenoxy) is 1. The van der Waals surface area contributed by atoms with Crippen molar-refractivity contribution in [2.75, 3.05) is 31.6 Å². The summed E-state index contributed by atoms with van der Waals surface area (Å²) in [6.45, 7) is 9.08. The maximum absolute atomic E-state index is 14.8. The number of H-pyrrole nitrogens is 2. The van der Waals surface area contributed by atoms with Crippen LogP contribution in [0.25, 0.3) is 55.8 Å². The van der Waals surface area contributed by atoms with Gasteiger partial charge in [0, 0.05) is 46.9 Å². The van der Waals surface area contributed by atoms with Crippen LogP contribution >= 0.6 is 0 Å². The summed E-state index contributed by atoms with van der Waals surface area (Å²) in [5.74, 6) is 0.532. The van der Waals surface area contributed by atoms with E-state index in [1.165, 1.54) is 25.0 Å². The average molecular weight is 619 g/mol. The summed E-state index contributed by atoms with van der Waals surface area (Å²) < 4.78 is 20.7. The highest BCUT2D eigenvalue weighted by atomic mass is 19.1. The predicted octanol–water partition coefficient (Wildman–Crippen LogP) is 6.83. The zero-order valence-corrected chi connectivity index (χ0v) is 26.0. The molecule has 0 radical (unpaired) electrons. The Labute approximate surface area is 265 Å². The Morgan fingerprint density at radius 2 is 1.83 bits per heavy atom. The van der Waals surface area contributed by atoms with Crippen molar-refractivity contribution in [3.8, 4) is 39.7 Å². The minimum atomic E-state index is -0.527. The number of nitrogens with zero attached hydrogens (tertiary/aromatic N) is 5. The number of hydrogen-bond donors (Lipinski definition) is 3. The summed E-state index contributed by atoms with van der Waals surface area (Å²) >= 11 is 0. The minimum Gasteiger partial charge on any atom is -0.492 e. The number of nitrogens with one attached hydrogen (secondary N) is 3. The molecule has 0 unspecified atom stereocenters. The second-order valence-corrected chi connectivity index (χ2v) is 12.7. The zero-order chi connectivity index (χ0) is 31.8. The summed E-state index contributed by atoms with van der Waals surface area (Å²) in [4.78, 5) is 32.1. The fourth-order valence-electron chi connectivity index (χ4n) is 5.70. The number of amides is 1. The van der Waals surface area contributed by atoms with E-state index in [9.17, 15) is 9.18 Å². The lowest BCUT2D eigenvalue weighted by atomic mass is 9.95. The molecule has 0 bridgehead atoms. The molecule has 0 spiro atoms. The molecule has 0 aliphatic carbocycles. The van der Waals surface area contributed by atoms with Crippen molar-refractivity contribution in [3.63, 3.8) is 0 Å². The number of benzene rings is 2. The Morgan fingerprint density at radius 3 is 2.65 bits per heavy atom. The first kappa shape index (κ1) is 29.5. The highest BCUT2D eigenvalue weighted by Gasteiger charge is 2.22. The number of aromatic nitrogens is 6. The molecule has 6 aromatic rings.